The topological polar surface area (TPSA) is 90.5 Å². The van der Waals surface area contributed by atoms with Gasteiger partial charge in [-0.05, 0) is 35.2 Å². The van der Waals surface area contributed by atoms with Gasteiger partial charge in [0.1, 0.15) is 6.54 Å². The van der Waals surface area contributed by atoms with Crippen LogP contribution in [0, 0.1) is 0 Å². The van der Waals surface area contributed by atoms with Crippen molar-refractivity contribution in [3.63, 3.8) is 0 Å². The van der Waals surface area contributed by atoms with Crippen LogP contribution >= 0.6 is 0 Å². The number of hydrogen-bond acceptors (Lipinski definition) is 3. The molecule has 0 spiro atoms. The van der Waals surface area contributed by atoms with Crippen LogP contribution in [0.4, 0.5) is 21.9 Å². The fourth-order valence-corrected chi connectivity index (χ4v) is 2.92. The van der Waals surface area contributed by atoms with Crippen molar-refractivity contribution in [2.24, 2.45) is 0 Å². The number of fused-ring (bicyclic) bond motifs is 1. The summed E-state index contributed by atoms with van der Waals surface area (Å²) in [6.07, 6.45) is 0. The minimum absolute atomic E-state index is 0.0353. The van der Waals surface area contributed by atoms with Crippen LogP contribution in [0.25, 0.3) is 0 Å². The molecule has 0 saturated carbocycles. The Labute approximate surface area is 164 Å². The lowest BCUT2D eigenvalue weighted by Gasteiger charge is -2.29. The second-order valence-electron chi connectivity index (χ2n) is 7.69. The van der Waals surface area contributed by atoms with E-state index in [1.807, 2.05) is 24.3 Å². The quantitative estimate of drug-likeness (QED) is 0.764. The molecule has 0 radical (unpaired) electrons. The molecule has 2 aromatic rings. The Morgan fingerprint density at radius 2 is 1.75 bits per heavy atom. The predicted molar refractivity (Wildman–Crippen MR) is 110 cm³/mol. The van der Waals surface area contributed by atoms with Gasteiger partial charge >= 0.3 is 6.03 Å². The molecular weight excluding hydrogens is 356 g/mol. The standard InChI is InChI=1S/C21H24N4O3/c1-21(2,3)14-8-10-15(11-9-14)23-18(26)12-22-20(28)25-13-19(27)24-16-6-4-5-7-17(16)25/h4-11H,12-13H2,1-3H3,(H,22,28)(H,23,26)(H,24,27). The molecule has 0 saturated heterocycles. The van der Waals surface area contributed by atoms with E-state index in [9.17, 15) is 14.4 Å². The van der Waals surface area contributed by atoms with E-state index in [-0.39, 0.29) is 30.3 Å². The van der Waals surface area contributed by atoms with Gasteiger partial charge in [0.05, 0.1) is 17.9 Å². The Bertz CT molecular complexity index is 901. The molecular formula is C21H24N4O3. The zero-order valence-electron chi connectivity index (χ0n) is 16.2. The van der Waals surface area contributed by atoms with Gasteiger partial charge in [-0.25, -0.2) is 4.79 Å². The van der Waals surface area contributed by atoms with Gasteiger partial charge in [-0.3, -0.25) is 14.5 Å². The number of nitrogens with one attached hydrogen (secondary N) is 3. The largest absolute Gasteiger partial charge is 0.329 e. The molecule has 3 rings (SSSR count). The third-order valence-corrected chi connectivity index (χ3v) is 4.45. The number of benzene rings is 2. The molecule has 0 unspecified atom stereocenters. The van der Waals surface area contributed by atoms with Crippen LogP contribution in [0.5, 0.6) is 0 Å². The van der Waals surface area contributed by atoms with Gasteiger partial charge in [0.15, 0.2) is 0 Å². The molecule has 4 amide bonds. The summed E-state index contributed by atoms with van der Waals surface area (Å²) in [7, 11) is 0. The van der Waals surface area contributed by atoms with E-state index in [1.54, 1.807) is 24.3 Å². The van der Waals surface area contributed by atoms with E-state index >= 15 is 0 Å². The number of para-hydroxylation sites is 2. The highest BCUT2D eigenvalue weighted by Gasteiger charge is 2.26. The molecule has 1 aliphatic heterocycles. The maximum absolute atomic E-state index is 12.5. The second kappa shape index (κ2) is 7.72. The summed E-state index contributed by atoms with van der Waals surface area (Å²) >= 11 is 0. The van der Waals surface area contributed by atoms with Crippen LogP contribution in [-0.4, -0.2) is 30.9 Å². The highest BCUT2D eigenvalue weighted by molar-refractivity contribution is 6.10. The van der Waals surface area contributed by atoms with Gasteiger partial charge in [-0.2, -0.15) is 0 Å². The molecule has 0 aromatic heterocycles. The normalized spacial score (nSPS) is 13.4. The molecule has 2 aromatic carbocycles. The first-order valence-corrected chi connectivity index (χ1v) is 9.09. The lowest BCUT2D eigenvalue weighted by Crippen LogP contribution is -2.48. The number of nitrogens with zero attached hydrogens (tertiary/aromatic N) is 1. The zero-order chi connectivity index (χ0) is 20.3. The highest BCUT2D eigenvalue weighted by Crippen LogP contribution is 2.28. The highest BCUT2D eigenvalue weighted by atomic mass is 16.2. The van der Waals surface area contributed by atoms with Crippen LogP contribution in [-0.2, 0) is 15.0 Å². The number of anilines is 3. The van der Waals surface area contributed by atoms with Crippen molar-refractivity contribution >= 4 is 34.9 Å². The third-order valence-electron chi connectivity index (χ3n) is 4.45. The Kier molecular flexibility index (Phi) is 5.35. The van der Waals surface area contributed by atoms with Gasteiger partial charge in [0.2, 0.25) is 11.8 Å². The summed E-state index contributed by atoms with van der Waals surface area (Å²) in [5, 5.41) is 8.04. The first-order chi connectivity index (χ1) is 13.2. The minimum Gasteiger partial charge on any atom is -0.329 e. The van der Waals surface area contributed by atoms with Crippen molar-refractivity contribution in [2.45, 2.75) is 26.2 Å². The van der Waals surface area contributed by atoms with Gasteiger partial charge in [-0.1, -0.05) is 45.0 Å². The number of carbonyl (C=O) groups excluding carboxylic acids is 3. The minimum atomic E-state index is -0.500. The van der Waals surface area contributed by atoms with Gasteiger partial charge in [-0.15, -0.1) is 0 Å². The average molecular weight is 380 g/mol. The molecule has 0 atom stereocenters. The number of rotatable bonds is 3. The Hall–Kier alpha value is -3.35. The summed E-state index contributed by atoms with van der Waals surface area (Å²) in [4.78, 5) is 37.8. The first kappa shape index (κ1) is 19.4. The fourth-order valence-electron chi connectivity index (χ4n) is 2.92. The van der Waals surface area contributed by atoms with Crippen LogP contribution in [0.3, 0.4) is 0 Å². The number of hydrogen-bond donors (Lipinski definition) is 3. The van der Waals surface area contributed by atoms with E-state index in [4.69, 9.17) is 0 Å². The van der Waals surface area contributed by atoms with E-state index in [0.717, 1.165) is 0 Å². The zero-order valence-corrected chi connectivity index (χ0v) is 16.2. The van der Waals surface area contributed by atoms with E-state index in [2.05, 4.69) is 36.7 Å². The summed E-state index contributed by atoms with van der Waals surface area (Å²) in [6, 6.07) is 14.1. The van der Waals surface area contributed by atoms with Crippen LogP contribution in [0.1, 0.15) is 26.3 Å². The summed E-state index contributed by atoms with van der Waals surface area (Å²) in [5.74, 6) is -0.621. The van der Waals surface area contributed by atoms with Gasteiger partial charge in [0, 0.05) is 5.69 Å². The Morgan fingerprint density at radius 1 is 1.07 bits per heavy atom. The number of urea groups is 1. The Balaban J connectivity index is 1.58. The van der Waals surface area contributed by atoms with Crippen LogP contribution in [0.15, 0.2) is 48.5 Å². The summed E-state index contributed by atoms with van der Waals surface area (Å²) in [5.41, 5.74) is 3.03. The van der Waals surface area contributed by atoms with E-state index in [1.165, 1.54) is 10.5 Å². The molecule has 0 fully saturated rings. The lowest BCUT2D eigenvalue weighted by molar-refractivity contribution is -0.115. The molecule has 146 valence electrons. The lowest BCUT2D eigenvalue weighted by atomic mass is 9.87. The first-order valence-electron chi connectivity index (χ1n) is 9.09. The molecule has 1 heterocycles. The SMILES string of the molecule is CC(C)(C)c1ccc(NC(=O)CNC(=O)N2CC(=O)Nc3ccccc32)cc1. The molecule has 0 bridgehead atoms. The molecule has 0 aliphatic carbocycles. The molecule has 3 N–H and O–H groups in total. The molecule has 1 aliphatic rings. The van der Waals surface area contributed by atoms with E-state index in [0.29, 0.717) is 17.1 Å². The van der Waals surface area contributed by atoms with Crippen molar-refractivity contribution in [1.29, 1.82) is 0 Å². The smallest absolute Gasteiger partial charge is 0.322 e. The maximum Gasteiger partial charge on any atom is 0.322 e. The molecule has 7 nitrogen and oxygen atoms in total. The van der Waals surface area contributed by atoms with Gasteiger partial charge in [0.25, 0.3) is 0 Å². The van der Waals surface area contributed by atoms with Crippen LogP contribution < -0.4 is 20.9 Å². The second-order valence-corrected chi connectivity index (χ2v) is 7.69. The third kappa shape index (κ3) is 4.49. The fraction of sp³-hybridized carbons (Fsp3) is 0.286. The average Bonchev–Trinajstić information content (AvgIpc) is 2.65. The van der Waals surface area contributed by atoms with Crippen molar-refractivity contribution < 1.29 is 14.4 Å². The van der Waals surface area contributed by atoms with Crippen molar-refractivity contribution in [2.75, 3.05) is 28.6 Å². The number of carbonyl (C=O) groups is 3. The maximum atomic E-state index is 12.5. The summed E-state index contributed by atoms with van der Waals surface area (Å²) in [6.45, 7) is 6.07. The monoisotopic (exact) mass is 380 g/mol. The van der Waals surface area contributed by atoms with Crippen molar-refractivity contribution in [1.82, 2.24) is 5.32 Å². The van der Waals surface area contributed by atoms with E-state index < -0.39 is 6.03 Å². The molecule has 7 heteroatoms. The summed E-state index contributed by atoms with van der Waals surface area (Å²) < 4.78 is 0. The van der Waals surface area contributed by atoms with Gasteiger partial charge < -0.3 is 16.0 Å². The van der Waals surface area contributed by atoms with Crippen LogP contribution in [0.2, 0.25) is 0 Å². The Morgan fingerprint density at radius 3 is 2.43 bits per heavy atom. The van der Waals surface area contributed by atoms with Crippen molar-refractivity contribution in [3.05, 3.63) is 54.1 Å². The van der Waals surface area contributed by atoms with Crippen molar-refractivity contribution in [3.8, 4) is 0 Å². The number of amides is 4. The predicted octanol–water partition coefficient (Wildman–Crippen LogP) is 3.09. The molecule has 28 heavy (non-hydrogen) atoms.